The highest BCUT2D eigenvalue weighted by molar-refractivity contribution is 7.81. The minimum absolute atomic E-state index is 0.0116. The average molecular weight is 849 g/mol. The van der Waals surface area contributed by atoms with E-state index >= 15 is 0 Å². The molecule has 3 aromatic carbocycles. The van der Waals surface area contributed by atoms with Crippen LogP contribution < -0.4 is 30.5 Å². The van der Waals surface area contributed by atoms with Crippen molar-refractivity contribution in [1.82, 2.24) is 15.1 Å². The summed E-state index contributed by atoms with van der Waals surface area (Å²) in [7, 11) is 0. The minimum Gasteiger partial charge on any atom is -0.492 e. The van der Waals surface area contributed by atoms with E-state index in [1.165, 1.54) is 11.0 Å². The molecular formula is C43H51F3N8O5S. The van der Waals surface area contributed by atoms with E-state index in [2.05, 4.69) is 39.6 Å². The van der Waals surface area contributed by atoms with Crippen LogP contribution in [-0.2, 0) is 25.4 Å². The quantitative estimate of drug-likeness (QED) is 0.123. The van der Waals surface area contributed by atoms with Crippen molar-refractivity contribution < 1.29 is 37.1 Å². The fourth-order valence-corrected chi connectivity index (χ4v) is 8.73. The van der Waals surface area contributed by atoms with Gasteiger partial charge in [-0.2, -0.15) is 18.4 Å². The van der Waals surface area contributed by atoms with Crippen molar-refractivity contribution in [2.75, 3.05) is 53.2 Å². The molecule has 0 bridgehead atoms. The number of anilines is 4. The summed E-state index contributed by atoms with van der Waals surface area (Å²) in [6, 6.07) is 17.2. The van der Waals surface area contributed by atoms with Crippen LogP contribution in [0.5, 0.6) is 5.75 Å². The van der Waals surface area contributed by atoms with E-state index in [0.717, 1.165) is 24.2 Å². The zero-order chi connectivity index (χ0) is 43.7. The van der Waals surface area contributed by atoms with Gasteiger partial charge >= 0.3 is 6.18 Å². The van der Waals surface area contributed by atoms with Gasteiger partial charge in [0, 0.05) is 60.9 Å². The molecule has 17 heteroatoms. The van der Waals surface area contributed by atoms with E-state index < -0.39 is 40.3 Å². The third-order valence-electron chi connectivity index (χ3n) is 11.4. The fourth-order valence-electron chi connectivity index (χ4n) is 8.07. The van der Waals surface area contributed by atoms with E-state index in [9.17, 15) is 37.6 Å². The molecule has 320 valence electrons. The van der Waals surface area contributed by atoms with E-state index in [0.29, 0.717) is 48.9 Å². The van der Waals surface area contributed by atoms with Crippen LogP contribution >= 0.6 is 12.6 Å². The fraction of sp³-hybridized carbons (Fsp3) is 0.465. The van der Waals surface area contributed by atoms with Crippen LogP contribution in [0.4, 0.5) is 35.9 Å². The number of nitrogens with zero attached hydrogens (tertiary/aromatic N) is 5. The van der Waals surface area contributed by atoms with Gasteiger partial charge in [0.05, 0.1) is 23.7 Å². The lowest BCUT2D eigenvalue weighted by molar-refractivity contribution is -0.138. The Hall–Kier alpha value is -5.31. The zero-order valence-corrected chi connectivity index (χ0v) is 35.4. The number of piperazine rings is 1. The molecule has 0 aliphatic carbocycles. The van der Waals surface area contributed by atoms with Crippen molar-refractivity contribution in [3.05, 3.63) is 77.4 Å². The number of alkyl halides is 3. The molecule has 3 aromatic rings. The normalized spacial score (nSPS) is 22.5. The number of nitrogens with one attached hydrogen (secondary N) is 3. The highest BCUT2D eigenvalue weighted by atomic mass is 32.1. The van der Waals surface area contributed by atoms with Gasteiger partial charge in [0.25, 0.3) is 5.91 Å². The molecule has 0 spiro atoms. The van der Waals surface area contributed by atoms with Gasteiger partial charge in [-0.3, -0.25) is 39.2 Å². The van der Waals surface area contributed by atoms with Gasteiger partial charge in [-0.25, -0.2) is 0 Å². The van der Waals surface area contributed by atoms with Crippen LogP contribution in [0, 0.1) is 11.3 Å². The molecule has 0 aromatic heterocycles. The van der Waals surface area contributed by atoms with Gasteiger partial charge in [-0.15, -0.1) is 12.6 Å². The first kappa shape index (κ1) is 44.2. The monoisotopic (exact) mass is 848 g/mol. The third-order valence-corrected chi connectivity index (χ3v) is 11.8. The Bertz CT molecular complexity index is 2180. The summed E-state index contributed by atoms with van der Waals surface area (Å²) in [5.74, 6) is -0.541. The summed E-state index contributed by atoms with van der Waals surface area (Å²) in [6.45, 7) is 14.3. The molecule has 3 N–H and O–H groups in total. The summed E-state index contributed by atoms with van der Waals surface area (Å²) in [4.78, 5) is 58.1. The van der Waals surface area contributed by atoms with E-state index in [1.807, 2.05) is 32.0 Å². The van der Waals surface area contributed by atoms with Crippen LogP contribution in [0.1, 0.15) is 77.0 Å². The second-order valence-corrected chi connectivity index (χ2v) is 16.9. The Balaban J connectivity index is 1.05. The molecule has 3 saturated heterocycles. The summed E-state index contributed by atoms with van der Waals surface area (Å²) >= 11 is 4.75. The largest absolute Gasteiger partial charge is 0.492 e. The summed E-state index contributed by atoms with van der Waals surface area (Å²) in [6.07, 6.45) is -4.13. The number of carbonyl (C=O) groups is 4. The van der Waals surface area contributed by atoms with Crippen molar-refractivity contribution in [3.8, 4) is 11.8 Å². The number of ether oxygens (including phenoxy) is 1. The number of imide groups is 1. The van der Waals surface area contributed by atoms with Crippen LogP contribution in [0.2, 0.25) is 0 Å². The molecule has 3 heterocycles. The number of hydrogen-bond donors (Lipinski definition) is 4. The molecule has 4 amide bonds. The van der Waals surface area contributed by atoms with Crippen LogP contribution in [0.3, 0.4) is 0 Å². The standard InChI is InChI=1S/C43H51F3N8O5S/c1-25(2)33-19-32(54-41(60)53(40(58)42(54,5)6)31-11-10-28(21-47)34(20-31)43(44,45)46)12-14-36(33)59-17-16-51-22-27(4)52(23-26(51)3)24-38(56)49-30-9-7-8-29(18-30)48-35-13-15-37(55)50-39(35)57/h7-12,14,18-20,25-27,35,41,48,60H,13,15-17,22-24H2,1-6H3,(H,49,56)(H,50,55,57)/t26-,27-,35?,41+/m1/s1. The summed E-state index contributed by atoms with van der Waals surface area (Å²) in [5.41, 5.74) is -0.979. The molecule has 4 atom stereocenters. The topological polar surface area (TPSA) is 150 Å². The van der Waals surface area contributed by atoms with Crippen LogP contribution in [0.25, 0.3) is 0 Å². The van der Waals surface area contributed by atoms with Gasteiger partial charge in [0.15, 0.2) is 5.50 Å². The number of thiol groups is 1. The molecule has 1 unspecified atom stereocenters. The highest BCUT2D eigenvalue weighted by Gasteiger charge is 2.52. The average Bonchev–Trinajstić information content (AvgIpc) is 3.35. The number of carbonyl (C=O) groups excluding carboxylic acids is 4. The first-order valence-electron chi connectivity index (χ1n) is 20.0. The second kappa shape index (κ2) is 17.7. The predicted molar refractivity (Wildman–Crippen MR) is 226 cm³/mol. The number of rotatable bonds is 12. The molecule has 3 aliphatic heterocycles. The maximum atomic E-state index is 13.8. The van der Waals surface area contributed by atoms with Crippen LogP contribution in [-0.4, -0.2) is 95.4 Å². The molecule has 3 aliphatic rings. The number of amides is 4. The minimum atomic E-state index is -4.78. The molecular weight excluding hydrogens is 798 g/mol. The SMILES string of the molecule is CC(C)c1cc(N2[C@@H](S)N(c3ccc(C#N)c(C(F)(F)F)c3)C(=O)C2(C)C)ccc1OCCN1C[C@@H](C)N(CC(=O)Nc2cccc(NC3CCC(=O)NC3=O)c2)C[C@H]1C. The van der Waals surface area contributed by atoms with Gasteiger partial charge in [-0.05, 0) is 100 Å². The molecule has 6 rings (SSSR count). The first-order chi connectivity index (χ1) is 28.3. The van der Waals surface area contributed by atoms with Crippen molar-refractivity contribution in [2.45, 2.75) is 95.6 Å². The van der Waals surface area contributed by atoms with Crippen molar-refractivity contribution >= 4 is 59.0 Å². The van der Waals surface area contributed by atoms with Gasteiger partial charge in [0.1, 0.15) is 23.9 Å². The summed E-state index contributed by atoms with van der Waals surface area (Å²) in [5, 5.41) is 17.7. The lowest BCUT2D eigenvalue weighted by Gasteiger charge is -2.43. The van der Waals surface area contributed by atoms with Crippen molar-refractivity contribution in [3.63, 3.8) is 0 Å². The summed E-state index contributed by atoms with van der Waals surface area (Å²) < 4.78 is 47.9. The smallest absolute Gasteiger partial charge is 0.417 e. The highest BCUT2D eigenvalue weighted by Crippen LogP contribution is 2.44. The molecule has 0 radical (unpaired) electrons. The number of hydrogen-bond acceptors (Lipinski definition) is 11. The third kappa shape index (κ3) is 9.51. The lowest BCUT2D eigenvalue weighted by Crippen LogP contribution is -2.58. The molecule has 3 fully saturated rings. The number of benzene rings is 3. The first-order valence-corrected chi connectivity index (χ1v) is 20.5. The van der Waals surface area contributed by atoms with Gasteiger partial charge in [-0.1, -0.05) is 19.9 Å². The molecule has 60 heavy (non-hydrogen) atoms. The Morgan fingerprint density at radius 1 is 1.00 bits per heavy atom. The lowest BCUT2D eigenvalue weighted by atomic mass is 9.98. The Morgan fingerprint density at radius 2 is 1.68 bits per heavy atom. The molecule has 13 nitrogen and oxygen atoms in total. The number of piperidine rings is 1. The van der Waals surface area contributed by atoms with Crippen molar-refractivity contribution in [2.24, 2.45) is 0 Å². The van der Waals surface area contributed by atoms with Crippen LogP contribution in [0.15, 0.2) is 60.7 Å². The second-order valence-electron chi connectivity index (χ2n) is 16.4. The Morgan fingerprint density at radius 3 is 2.37 bits per heavy atom. The maximum Gasteiger partial charge on any atom is 0.417 e. The molecule has 0 saturated carbocycles. The van der Waals surface area contributed by atoms with E-state index in [1.54, 1.807) is 49.1 Å². The Kier molecular flexibility index (Phi) is 13.1. The van der Waals surface area contributed by atoms with E-state index in [4.69, 9.17) is 17.4 Å². The maximum absolute atomic E-state index is 13.8. The number of halogens is 3. The van der Waals surface area contributed by atoms with Crippen molar-refractivity contribution in [1.29, 1.82) is 5.26 Å². The van der Waals surface area contributed by atoms with Gasteiger partial charge < -0.3 is 20.3 Å². The Labute approximate surface area is 353 Å². The van der Waals surface area contributed by atoms with E-state index in [-0.39, 0.29) is 54.4 Å². The number of nitriles is 1. The van der Waals surface area contributed by atoms with Gasteiger partial charge in [0.2, 0.25) is 17.7 Å². The predicted octanol–water partition coefficient (Wildman–Crippen LogP) is 6.17. The zero-order valence-electron chi connectivity index (χ0n) is 34.5.